The Kier molecular flexibility index (Phi) is 5.56. The van der Waals surface area contributed by atoms with Gasteiger partial charge >= 0.3 is 0 Å². The number of rotatable bonds is 6. The number of likely N-dealkylation sites (N-methyl/N-ethyl adjacent to an activating group) is 1. The molecule has 1 amide bonds. The minimum Gasteiger partial charge on any atom is -0.395 e. The Bertz CT molecular complexity index is 422. The Morgan fingerprint density at radius 2 is 2.15 bits per heavy atom. The second kappa shape index (κ2) is 7.41. The minimum absolute atomic E-state index is 0.150. The molecule has 0 bridgehead atoms. The topological polar surface area (TPSA) is 43.8 Å². The molecule has 1 aliphatic rings. The quantitative estimate of drug-likeness (QED) is 0.856. The number of carbonyl (C=O) groups is 1. The maximum absolute atomic E-state index is 12.4. The lowest BCUT2D eigenvalue weighted by molar-refractivity contribution is -0.133. The van der Waals surface area contributed by atoms with Crippen molar-refractivity contribution in [3.63, 3.8) is 0 Å². The summed E-state index contributed by atoms with van der Waals surface area (Å²) < 4.78 is 0. The van der Waals surface area contributed by atoms with Crippen LogP contribution in [0.5, 0.6) is 0 Å². The molecule has 110 valence electrons. The van der Waals surface area contributed by atoms with Crippen molar-refractivity contribution in [1.29, 1.82) is 0 Å². The molecule has 1 aromatic carbocycles. The van der Waals surface area contributed by atoms with Crippen LogP contribution in [0, 0.1) is 0 Å². The van der Waals surface area contributed by atoms with Crippen LogP contribution >= 0.6 is 0 Å². The van der Waals surface area contributed by atoms with Gasteiger partial charge in [0.2, 0.25) is 5.91 Å². The van der Waals surface area contributed by atoms with Crippen molar-refractivity contribution in [2.75, 3.05) is 26.2 Å². The van der Waals surface area contributed by atoms with Gasteiger partial charge in [0.05, 0.1) is 13.2 Å². The van der Waals surface area contributed by atoms with Crippen molar-refractivity contribution in [3.05, 3.63) is 35.9 Å². The van der Waals surface area contributed by atoms with Gasteiger partial charge in [-0.25, -0.2) is 0 Å². The smallest absolute Gasteiger partial charge is 0.237 e. The van der Waals surface area contributed by atoms with Gasteiger partial charge in [-0.3, -0.25) is 9.69 Å². The lowest BCUT2D eigenvalue weighted by Gasteiger charge is -2.27. The van der Waals surface area contributed by atoms with Gasteiger partial charge in [0.25, 0.3) is 0 Å². The average molecular weight is 276 g/mol. The number of aliphatic hydroxyl groups is 1. The molecular formula is C16H24N2O2. The standard InChI is InChI=1S/C16H24N2O2/c1-2-17(11-14-7-4-3-5-8-14)16(20)12-18-10-6-9-15(18)13-19/h3-5,7-8,15,19H,2,6,9-13H2,1H3/t15-/m0/s1. The van der Waals surface area contributed by atoms with E-state index in [9.17, 15) is 9.90 Å². The van der Waals surface area contributed by atoms with Gasteiger partial charge in [0.15, 0.2) is 0 Å². The van der Waals surface area contributed by atoms with Gasteiger partial charge in [0, 0.05) is 19.1 Å². The van der Waals surface area contributed by atoms with Gasteiger partial charge in [-0.15, -0.1) is 0 Å². The second-order valence-electron chi connectivity index (χ2n) is 5.34. The molecule has 2 rings (SSSR count). The SMILES string of the molecule is CCN(Cc1ccccc1)C(=O)CN1CCC[C@H]1CO. The minimum atomic E-state index is 0.150. The number of carbonyl (C=O) groups excluding carboxylic acids is 1. The van der Waals surface area contributed by atoms with E-state index < -0.39 is 0 Å². The van der Waals surface area contributed by atoms with Gasteiger partial charge in [-0.2, -0.15) is 0 Å². The molecule has 1 fully saturated rings. The number of amides is 1. The summed E-state index contributed by atoms with van der Waals surface area (Å²) in [5.41, 5.74) is 1.16. The Morgan fingerprint density at radius 1 is 1.40 bits per heavy atom. The maximum Gasteiger partial charge on any atom is 0.237 e. The molecule has 1 saturated heterocycles. The molecule has 1 N–H and O–H groups in total. The van der Waals surface area contributed by atoms with Crippen LogP contribution in [0.15, 0.2) is 30.3 Å². The highest BCUT2D eigenvalue weighted by molar-refractivity contribution is 5.78. The van der Waals surface area contributed by atoms with E-state index in [1.165, 1.54) is 0 Å². The van der Waals surface area contributed by atoms with E-state index in [0.717, 1.165) is 24.9 Å². The lowest BCUT2D eigenvalue weighted by atomic mass is 10.2. The monoisotopic (exact) mass is 276 g/mol. The van der Waals surface area contributed by atoms with E-state index in [4.69, 9.17) is 0 Å². The first-order valence-corrected chi connectivity index (χ1v) is 7.41. The Morgan fingerprint density at radius 3 is 2.80 bits per heavy atom. The molecule has 1 aromatic rings. The molecule has 1 aliphatic heterocycles. The largest absolute Gasteiger partial charge is 0.395 e. The summed E-state index contributed by atoms with van der Waals surface area (Å²) in [4.78, 5) is 16.4. The van der Waals surface area contributed by atoms with Crippen LogP contribution in [0.4, 0.5) is 0 Å². The van der Waals surface area contributed by atoms with Crippen LogP contribution < -0.4 is 0 Å². The molecule has 4 nitrogen and oxygen atoms in total. The first kappa shape index (κ1) is 15.0. The second-order valence-corrected chi connectivity index (χ2v) is 5.34. The molecular weight excluding hydrogens is 252 g/mol. The summed E-state index contributed by atoms with van der Waals surface area (Å²) in [6.07, 6.45) is 2.07. The summed E-state index contributed by atoms with van der Waals surface area (Å²) in [7, 11) is 0. The van der Waals surface area contributed by atoms with Gasteiger partial charge in [-0.1, -0.05) is 30.3 Å². The molecule has 20 heavy (non-hydrogen) atoms. The van der Waals surface area contributed by atoms with E-state index in [0.29, 0.717) is 19.6 Å². The van der Waals surface area contributed by atoms with Crippen molar-refractivity contribution in [1.82, 2.24) is 9.80 Å². The third-order valence-corrected chi connectivity index (χ3v) is 4.00. The van der Waals surface area contributed by atoms with Gasteiger partial charge in [0.1, 0.15) is 0 Å². The highest BCUT2D eigenvalue weighted by Gasteiger charge is 2.26. The first-order chi connectivity index (χ1) is 9.74. The fourth-order valence-corrected chi connectivity index (χ4v) is 2.76. The van der Waals surface area contributed by atoms with Crippen LogP contribution in [-0.2, 0) is 11.3 Å². The average Bonchev–Trinajstić information content (AvgIpc) is 2.92. The first-order valence-electron chi connectivity index (χ1n) is 7.41. The molecule has 1 heterocycles. The van der Waals surface area contributed by atoms with E-state index >= 15 is 0 Å². The maximum atomic E-state index is 12.4. The molecule has 0 unspecified atom stereocenters. The molecule has 1 atom stereocenters. The third-order valence-electron chi connectivity index (χ3n) is 4.00. The van der Waals surface area contributed by atoms with Crippen molar-refractivity contribution in [2.45, 2.75) is 32.4 Å². The van der Waals surface area contributed by atoms with E-state index in [-0.39, 0.29) is 18.6 Å². The molecule has 4 heteroatoms. The predicted molar refractivity (Wildman–Crippen MR) is 79.2 cm³/mol. The number of benzene rings is 1. The summed E-state index contributed by atoms with van der Waals surface area (Å²) in [5, 5.41) is 9.31. The zero-order valence-corrected chi connectivity index (χ0v) is 12.2. The van der Waals surface area contributed by atoms with E-state index in [1.807, 2.05) is 42.2 Å². The number of aliphatic hydroxyl groups excluding tert-OH is 1. The van der Waals surface area contributed by atoms with Crippen molar-refractivity contribution < 1.29 is 9.90 Å². The Hall–Kier alpha value is -1.39. The summed E-state index contributed by atoms with van der Waals surface area (Å²) in [6.45, 7) is 4.87. The Balaban J connectivity index is 1.92. The van der Waals surface area contributed by atoms with E-state index in [2.05, 4.69) is 4.90 Å². The van der Waals surface area contributed by atoms with Crippen LogP contribution in [-0.4, -0.2) is 53.1 Å². The zero-order chi connectivity index (χ0) is 14.4. The summed E-state index contributed by atoms with van der Waals surface area (Å²) in [6, 6.07) is 10.2. The predicted octanol–water partition coefficient (Wildman–Crippen LogP) is 1.49. The molecule has 0 spiro atoms. The third kappa shape index (κ3) is 3.81. The van der Waals surface area contributed by atoms with Crippen molar-refractivity contribution >= 4 is 5.91 Å². The van der Waals surface area contributed by atoms with E-state index in [1.54, 1.807) is 0 Å². The normalized spacial score (nSPS) is 19.2. The van der Waals surface area contributed by atoms with Crippen molar-refractivity contribution in [2.24, 2.45) is 0 Å². The van der Waals surface area contributed by atoms with Crippen LogP contribution in [0.3, 0.4) is 0 Å². The molecule has 0 aromatic heterocycles. The number of nitrogens with zero attached hydrogens (tertiary/aromatic N) is 2. The Labute approximate surface area is 121 Å². The van der Waals surface area contributed by atoms with Gasteiger partial charge in [-0.05, 0) is 31.9 Å². The summed E-state index contributed by atoms with van der Waals surface area (Å²) in [5.74, 6) is 0.150. The van der Waals surface area contributed by atoms with Crippen LogP contribution in [0.2, 0.25) is 0 Å². The van der Waals surface area contributed by atoms with Crippen LogP contribution in [0.25, 0.3) is 0 Å². The van der Waals surface area contributed by atoms with Gasteiger partial charge < -0.3 is 10.0 Å². The molecule has 0 aliphatic carbocycles. The molecule has 0 saturated carbocycles. The fourth-order valence-electron chi connectivity index (χ4n) is 2.76. The zero-order valence-electron chi connectivity index (χ0n) is 12.2. The number of hydrogen-bond donors (Lipinski definition) is 1. The molecule has 0 radical (unpaired) electrons. The summed E-state index contributed by atoms with van der Waals surface area (Å²) >= 11 is 0. The van der Waals surface area contributed by atoms with Crippen LogP contribution in [0.1, 0.15) is 25.3 Å². The highest BCUT2D eigenvalue weighted by Crippen LogP contribution is 2.16. The highest BCUT2D eigenvalue weighted by atomic mass is 16.3. The number of likely N-dealkylation sites (tertiary alicyclic amines) is 1. The number of hydrogen-bond acceptors (Lipinski definition) is 3. The fraction of sp³-hybridized carbons (Fsp3) is 0.562. The lowest BCUT2D eigenvalue weighted by Crippen LogP contribution is -2.42. The van der Waals surface area contributed by atoms with Crippen molar-refractivity contribution in [3.8, 4) is 0 Å².